The number of nitrogens with one attached hydrogen (secondary N) is 1. The van der Waals surface area contributed by atoms with Crippen molar-refractivity contribution in [3.63, 3.8) is 0 Å². The van der Waals surface area contributed by atoms with Gasteiger partial charge in [0.1, 0.15) is 0 Å². The van der Waals surface area contributed by atoms with Gasteiger partial charge in [-0.1, -0.05) is 30.0 Å². The number of imidazole rings is 1. The Morgan fingerprint density at radius 1 is 1.50 bits per heavy atom. The SMILES string of the molecule is C=CCn1c(SC(C)C(=O)NCCCOCC)nc2ccccc21. The normalized spacial score (nSPS) is 12.2. The van der Waals surface area contributed by atoms with Gasteiger partial charge < -0.3 is 14.6 Å². The van der Waals surface area contributed by atoms with E-state index >= 15 is 0 Å². The lowest BCUT2D eigenvalue weighted by molar-refractivity contribution is -0.120. The number of nitrogens with zero attached hydrogens (tertiary/aromatic N) is 2. The molecule has 0 radical (unpaired) electrons. The molecule has 0 bridgehead atoms. The maximum Gasteiger partial charge on any atom is 0.233 e. The molecule has 2 aromatic rings. The first kappa shape index (κ1) is 18.5. The van der Waals surface area contributed by atoms with Gasteiger partial charge in [0, 0.05) is 26.3 Å². The van der Waals surface area contributed by atoms with Gasteiger partial charge in [0.2, 0.25) is 5.91 Å². The number of benzene rings is 1. The van der Waals surface area contributed by atoms with E-state index in [2.05, 4.69) is 21.4 Å². The Balaban J connectivity index is 1.99. The second-order valence-corrected chi connectivity index (χ2v) is 6.69. The number of amides is 1. The molecule has 1 N–H and O–H groups in total. The quantitative estimate of drug-likeness (QED) is 0.407. The molecule has 130 valence electrons. The summed E-state index contributed by atoms with van der Waals surface area (Å²) in [5.41, 5.74) is 2.00. The maximum atomic E-state index is 12.2. The van der Waals surface area contributed by atoms with Crippen molar-refractivity contribution in [3.8, 4) is 0 Å². The minimum Gasteiger partial charge on any atom is -0.382 e. The Hall–Kier alpha value is -1.79. The van der Waals surface area contributed by atoms with Crippen LogP contribution in [0.3, 0.4) is 0 Å². The average Bonchev–Trinajstić information content (AvgIpc) is 2.92. The topological polar surface area (TPSA) is 56.2 Å². The summed E-state index contributed by atoms with van der Waals surface area (Å²) >= 11 is 1.47. The Bertz CT molecular complexity index is 684. The molecule has 0 spiro atoms. The van der Waals surface area contributed by atoms with Gasteiger partial charge in [-0.2, -0.15) is 0 Å². The number of carbonyl (C=O) groups is 1. The van der Waals surface area contributed by atoms with Gasteiger partial charge in [-0.05, 0) is 32.4 Å². The highest BCUT2D eigenvalue weighted by molar-refractivity contribution is 8.00. The highest BCUT2D eigenvalue weighted by Crippen LogP contribution is 2.27. The van der Waals surface area contributed by atoms with Crippen LogP contribution in [-0.2, 0) is 16.1 Å². The fraction of sp³-hybridized carbons (Fsp3) is 0.444. The van der Waals surface area contributed by atoms with Gasteiger partial charge in [-0.15, -0.1) is 6.58 Å². The van der Waals surface area contributed by atoms with Crippen LogP contribution in [0.5, 0.6) is 0 Å². The zero-order chi connectivity index (χ0) is 17.4. The molecule has 1 amide bonds. The summed E-state index contributed by atoms with van der Waals surface area (Å²) in [5, 5.41) is 3.58. The van der Waals surface area contributed by atoms with E-state index in [-0.39, 0.29) is 11.2 Å². The summed E-state index contributed by atoms with van der Waals surface area (Å²) in [7, 11) is 0. The van der Waals surface area contributed by atoms with Crippen molar-refractivity contribution in [2.24, 2.45) is 0 Å². The molecule has 0 saturated carbocycles. The van der Waals surface area contributed by atoms with Crippen LogP contribution < -0.4 is 5.32 Å². The third-order valence-electron chi connectivity index (χ3n) is 3.55. The number of thioether (sulfide) groups is 1. The molecular weight excluding hydrogens is 322 g/mol. The second-order valence-electron chi connectivity index (χ2n) is 5.38. The molecule has 5 nitrogen and oxygen atoms in total. The lowest BCUT2D eigenvalue weighted by Gasteiger charge is -2.12. The molecule has 24 heavy (non-hydrogen) atoms. The standard InChI is InChI=1S/C18H25N3O2S/c1-4-12-21-16-10-7-6-9-15(16)20-18(21)24-14(3)17(22)19-11-8-13-23-5-2/h4,6-7,9-10,14H,1,5,8,11-13H2,2-3H3,(H,19,22). The summed E-state index contributed by atoms with van der Waals surface area (Å²) in [6.07, 6.45) is 2.67. The predicted octanol–water partition coefficient (Wildman–Crippen LogP) is 3.25. The summed E-state index contributed by atoms with van der Waals surface area (Å²) in [6.45, 7) is 10.4. The Morgan fingerprint density at radius 2 is 2.29 bits per heavy atom. The monoisotopic (exact) mass is 347 g/mol. The van der Waals surface area contributed by atoms with Gasteiger partial charge in [-0.3, -0.25) is 4.79 Å². The smallest absolute Gasteiger partial charge is 0.233 e. The average molecular weight is 347 g/mol. The number of para-hydroxylation sites is 2. The third kappa shape index (κ3) is 4.85. The van der Waals surface area contributed by atoms with Crippen molar-refractivity contribution in [1.82, 2.24) is 14.9 Å². The molecule has 2 rings (SSSR count). The van der Waals surface area contributed by atoms with Crippen LogP contribution in [0.15, 0.2) is 42.1 Å². The molecular formula is C18H25N3O2S. The van der Waals surface area contributed by atoms with Crippen molar-refractivity contribution in [3.05, 3.63) is 36.9 Å². The molecule has 1 heterocycles. The van der Waals surface area contributed by atoms with Crippen LogP contribution in [0.4, 0.5) is 0 Å². The van der Waals surface area contributed by atoms with Crippen molar-refractivity contribution >= 4 is 28.7 Å². The molecule has 6 heteroatoms. The van der Waals surface area contributed by atoms with E-state index in [1.54, 1.807) is 0 Å². The van der Waals surface area contributed by atoms with Gasteiger partial charge >= 0.3 is 0 Å². The van der Waals surface area contributed by atoms with E-state index in [4.69, 9.17) is 4.74 Å². The van der Waals surface area contributed by atoms with Crippen LogP contribution in [-0.4, -0.2) is 40.5 Å². The number of hydrogen-bond donors (Lipinski definition) is 1. The van der Waals surface area contributed by atoms with Gasteiger partial charge in [0.05, 0.1) is 16.3 Å². The second kappa shape index (κ2) is 9.49. The summed E-state index contributed by atoms with van der Waals surface area (Å²) < 4.78 is 7.36. The Kier molecular flexibility index (Phi) is 7.34. The molecule has 0 saturated heterocycles. The molecule has 0 fully saturated rings. The molecule has 0 aliphatic rings. The zero-order valence-corrected chi connectivity index (χ0v) is 15.1. The fourth-order valence-electron chi connectivity index (χ4n) is 2.33. The first-order valence-corrected chi connectivity index (χ1v) is 9.13. The first-order valence-electron chi connectivity index (χ1n) is 8.25. The van der Waals surface area contributed by atoms with Crippen molar-refractivity contribution in [2.45, 2.75) is 37.2 Å². The predicted molar refractivity (Wildman–Crippen MR) is 99.4 cm³/mol. The van der Waals surface area contributed by atoms with Crippen LogP contribution in [0.1, 0.15) is 20.3 Å². The zero-order valence-electron chi connectivity index (χ0n) is 14.3. The molecule has 1 atom stereocenters. The lowest BCUT2D eigenvalue weighted by atomic mass is 10.3. The van der Waals surface area contributed by atoms with Crippen LogP contribution in [0, 0.1) is 0 Å². The molecule has 0 aliphatic heterocycles. The molecule has 1 unspecified atom stereocenters. The highest BCUT2D eigenvalue weighted by atomic mass is 32.2. The summed E-state index contributed by atoms with van der Waals surface area (Å²) in [4.78, 5) is 16.9. The third-order valence-corrected chi connectivity index (χ3v) is 4.64. The van der Waals surface area contributed by atoms with E-state index in [0.717, 1.165) is 22.6 Å². The highest BCUT2D eigenvalue weighted by Gasteiger charge is 2.18. The van der Waals surface area contributed by atoms with Crippen LogP contribution in [0.25, 0.3) is 11.0 Å². The Labute approximate surface area is 147 Å². The van der Waals surface area contributed by atoms with E-state index in [0.29, 0.717) is 26.3 Å². The van der Waals surface area contributed by atoms with Crippen LogP contribution >= 0.6 is 11.8 Å². The Morgan fingerprint density at radius 3 is 3.04 bits per heavy atom. The van der Waals surface area contributed by atoms with Crippen molar-refractivity contribution < 1.29 is 9.53 Å². The number of fused-ring (bicyclic) bond motifs is 1. The van der Waals surface area contributed by atoms with E-state index in [1.165, 1.54) is 11.8 Å². The number of aromatic nitrogens is 2. The number of rotatable bonds is 10. The number of allylic oxidation sites excluding steroid dienone is 1. The van der Waals surface area contributed by atoms with Crippen molar-refractivity contribution in [2.75, 3.05) is 19.8 Å². The van der Waals surface area contributed by atoms with E-state index in [1.807, 2.05) is 44.2 Å². The van der Waals surface area contributed by atoms with Crippen molar-refractivity contribution in [1.29, 1.82) is 0 Å². The lowest BCUT2D eigenvalue weighted by Crippen LogP contribution is -2.32. The minimum atomic E-state index is -0.211. The minimum absolute atomic E-state index is 0.0220. The number of hydrogen-bond acceptors (Lipinski definition) is 4. The molecule has 1 aromatic heterocycles. The molecule has 1 aromatic carbocycles. The number of ether oxygens (including phenoxy) is 1. The van der Waals surface area contributed by atoms with Gasteiger partial charge in [-0.25, -0.2) is 4.98 Å². The van der Waals surface area contributed by atoms with Crippen LogP contribution in [0.2, 0.25) is 0 Å². The van der Waals surface area contributed by atoms with Gasteiger partial charge in [0.15, 0.2) is 5.16 Å². The largest absolute Gasteiger partial charge is 0.382 e. The van der Waals surface area contributed by atoms with Gasteiger partial charge in [0.25, 0.3) is 0 Å². The molecule has 0 aliphatic carbocycles. The fourth-order valence-corrected chi connectivity index (χ4v) is 3.29. The first-order chi connectivity index (χ1) is 11.7. The van der Waals surface area contributed by atoms with E-state index in [9.17, 15) is 4.79 Å². The summed E-state index contributed by atoms with van der Waals surface area (Å²) in [5.74, 6) is 0.0220. The maximum absolute atomic E-state index is 12.2. The van der Waals surface area contributed by atoms with E-state index < -0.39 is 0 Å². The summed E-state index contributed by atoms with van der Waals surface area (Å²) in [6, 6.07) is 7.98. The number of carbonyl (C=O) groups excluding carboxylic acids is 1.